The van der Waals surface area contributed by atoms with Crippen LogP contribution in [0.4, 0.5) is 0 Å². The number of amides is 1. The van der Waals surface area contributed by atoms with Crippen molar-refractivity contribution in [3.05, 3.63) is 94.4 Å². The fourth-order valence-electron chi connectivity index (χ4n) is 3.73. The van der Waals surface area contributed by atoms with Gasteiger partial charge in [-0.15, -0.1) is 12.4 Å². The number of furan rings is 1. The summed E-state index contributed by atoms with van der Waals surface area (Å²) in [4.78, 5) is 30.1. The van der Waals surface area contributed by atoms with Crippen LogP contribution in [0.5, 0.6) is 0 Å². The molecule has 6 heteroatoms. The summed E-state index contributed by atoms with van der Waals surface area (Å²) in [6.45, 7) is 1.77. The van der Waals surface area contributed by atoms with E-state index in [0.717, 1.165) is 24.5 Å². The van der Waals surface area contributed by atoms with Gasteiger partial charge in [0.1, 0.15) is 11.5 Å². The van der Waals surface area contributed by atoms with E-state index < -0.39 is 0 Å². The average molecular weight is 425 g/mol. The second-order valence-electron chi connectivity index (χ2n) is 7.62. The maximum Gasteiger partial charge on any atom is 0.255 e. The fraction of sp³-hybridized carbons (Fsp3) is 0.250. The first-order valence-corrected chi connectivity index (χ1v) is 9.76. The van der Waals surface area contributed by atoms with Crippen molar-refractivity contribution in [2.24, 2.45) is 0 Å². The smallest absolute Gasteiger partial charge is 0.255 e. The highest BCUT2D eigenvalue weighted by atomic mass is 35.5. The molecule has 1 aliphatic rings. The number of carbonyl (C=O) groups is 2. The van der Waals surface area contributed by atoms with Gasteiger partial charge in [0, 0.05) is 17.7 Å². The Bertz CT molecular complexity index is 1040. The van der Waals surface area contributed by atoms with Crippen LogP contribution < -0.4 is 0 Å². The minimum atomic E-state index is -0.140. The number of nitrogens with zero attached hydrogens (tertiary/aromatic N) is 2. The molecule has 0 saturated carbocycles. The van der Waals surface area contributed by atoms with Gasteiger partial charge in [0.05, 0.1) is 18.7 Å². The summed E-state index contributed by atoms with van der Waals surface area (Å²) in [6, 6.07) is 18.2. The minimum Gasteiger partial charge on any atom is -0.463 e. The monoisotopic (exact) mass is 424 g/mol. The summed E-state index contributed by atoms with van der Waals surface area (Å²) in [5.74, 6) is 1.47. The maximum absolute atomic E-state index is 13.3. The number of hydrogen-bond acceptors (Lipinski definition) is 4. The molecule has 0 bridgehead atoms. The minimum absolute atomic E-state index is 0. The first kappa shape index (κ1) is 21.8. The third kappa shape index (κ3) is 4.48. The van der Waals surface area contributed by atoms with E-state index in [2.05, 4.69) is 11.0 Å². The molecule has 0 radical (unpaired) electrons. The van der Waals surface area contributed by atoms with Gasteiger partial charge < -0.3 is 14.2 Å². The van der Waals surface area contributed by atoms with Crippen LogP contribution in [0.1, 0.15) is 43.4 Å². The summed E-state index contributed by atoms with van der Waals surface area (Å²) in [5.41, 5.74) is 2.61. The van der Waals surface area contributed by atoms with Crippen molar-refractivity contribution in [2.75, 3.05) is 20.6 Å². The first-order valence-electron chi connectivity index (χ1n) is 9.76. The van der Waals surface area contributed by atoms with Gasteiger partial charge in [-0.3, -0.25) is 9.59 Å². The molecular formula is C24H25ClN2O3. The van der Waals surface area contributed by atoms with E-state index in [1.165, 1.54) is 5.56 Å². The lowest BCUT2D eigenvalue weighted by Gasteiger charge is -2.26. The first-order chi connectivity index (χ1) is 14.0. The molecule has 0 fully saturated rings. The summed E-state index contributed by atoms with van der Waals surface area (Å²) in [7, 11) is 4.00. The number of halogens is 1. The van der Waals surface area contributed by atoms with E-state index in [4.69, 9.17) is 4.42 Å². The second kappa shape index (κ2) is 9.28. The lowest BCUT2D eigenvalue weighted by Crippen LogP contribution is -2.36. The van der Waals surface area contributed by atoms with Crippen molar-refractivity contribution in [3.8, 4) is 0 Å². The fourth-order valence-corrected chi connectivity index (χ4v) is 3.73. The molecule has 2 aromatic carbocycles. The van der Waals surface area contributed by atoms with Crippen molar-refractivity contribution < 1.29 is 14.0 Å². The Morgan fingerprint density at radius 2 is 1.67 bits per heavy atom. The zero-order chi connectivity index (χ0) is 20.4. The quantitative estimate of drug-likeness (QED) is 0.576. The molecular weight excluding hydrogens is 400 g/mol. The number of carbonyl (C=O) groups excluding carboxylic acids is 2. The Balaban J connectivity index is 0.00000256. The Hall–Kier alpha value is -2.89. The number of benzene rings is 2. The number of hydrogen-bond donors (Lipinski definition) is 0. The van der Waals surface area contributed by atoms with Crippen LogP contribution in [0.3, 0.4) is 0 Å². The van der Waals surface area contributed by atoms with Crippen LogP contribution in [0.15, 0.2) is 65.1 Å². The van der Waals surface area contributed by atoms with Crippen molar-refractivity contribution in [1.82, 2.24) is 9.80 Å². The van der Waals surface area contributed by atoms with E-state index in [-0.39, 0.29) is 24.1 Å². The standard InChI is InChI=1S/C24H24N2O3.ClH/c1-25(2)15-19-14-18-12-13-26(16-22(18)29-19)24(28)21-11-7-6-10-20(21)23(27)17-8-4-3-5-9-17;/h3-11,14H,12-13,15-16H2,1-2H3;1H. The molecule has 0 N–H and O–H groups in total. The van der Waals surface area contributed by atoms with E-state index in [1.807, 2.05) is 32.3 Å². The molecule has 4 rings (SSSR count). The normalized spacial score (nSPS) is 13.0. The molecule has 0 atom stereocenters. The van der Waals surface area contributed by atoms with Gasteiger partial charge in [0.25, 0.3) is 5.91 Å². The molecule has 3 aromatic rings. The zero-order valence-electron chi connectivity index (χ0n) is 17.1. The van der Waals surface area contributed by atoms with Crippen molar-refractivity contribution in [2.45, 2.75) is 19.5 Å². The van der Waals surface area contributed by atoms with Crippen molar-refractivity contribution in [3.63, 3.8) is 0 Å². The van der Waals surface area contributed by atoms with Crippen LogP contribution in [-0.4, -0.2) is 42.1 Å². The van der Waals surface area contributed by atoms with Crippen LogP contribution in [0, 0.1) is 0 Å². The van der Waals surface area contributed by atoms with Crippen LogP contribution in [0.25, 0.3) is 0 Å². The van der Waals surface area contributed by atoms with Crippen molar-refractivity contribution in [1.29, 1.82) is 0 Å². The number of rotatable bonds is 5. The highest BCUT2D eigenvalue weighted by Gasteiger charge is 2.27. The third-order valence-corrected chi connectivity index (χ3v) is 5.13. The van der Waals surface area contributed by atoms with Gasteiger partial charge in [-0.2, -0.15) is 0 Å². The molecule has 1 aliphatic heterocycles. The molecule has 1 amide bonds. The molecule has 0 unspecified atom stereocenters. The molecule has 2 heterocycles. The average Bonchev–Trinajstić information content (AvgIpc) is 3.14. The lowest BCUT2D eigenvalue weighted by molar-refractivity contribution is 0.0715. The van der Waals surface area contributed by atoms with Crippen LogP contribution in [0.2, 0.25) is 0 Å². The lowest BCUT2D eigenvalue weighted by atomic mass is 9.97. The topological polar surface area (TPSA) is 53.8 Å². The van der Waals surface area contributed by atoms with E-state index in [9.17, 15) is 9.59 Å². The van der Waals surface area contributed by atoms with E-state index in [0.29, 0.717) is 29.8 Å². The molecule has 0 aliphatic carbocycles. The van der Waals surface area contributed by atoms with Gasteiger partial charge in [-0.05, 0) is 38.2 Å². The summed E-state index contributed by atoms with van der Waals surface area (Å²) in [5, 5.41) is 0. The van der Waals surface area contributed by atoms with Gasteiger partial charge in [0.15, 0.2) is 5.78 Å². The Kier molecular flexibility index (Phi) is 6.75. The molecule has 1 aromatic heterocycles. The summed E-state index contributed by atoms with van der Waals surface area (Å²) >= 11 is 0. The molecule has 156 valence electrons. The Morgan fingerprint density at radius 1 is 1.00 bits per heavy atom. The number of ketones is 1. The van der Waals surface area contributed by atoms with Gasteiger partial charge in [-0.25, -0.2) is 0 Å². The molecule has 30 heavy (non-hydrogen) atoms. The third-order valence-electron chi connectivity index (χ3n) is 5.13. The maximum atomic E-state index is 13.3. The van der Waals surface area contributed by atoms with Crippen LogP contribution in [-0.2, 0) is 19.5 Å². The largest absolute Gasteiger partial charge is 0.463 e. The van der Waals surface area contributed by atoms with Gasteiger partial charge in [0.2, 0.25) is 0 Å². The van der Waals surface area contributed by atoms with Crippen molar-refractivity contribution >= 4 is 24.1 Å². The highest BCUT2D eigenvalue weighted by Crippen LogP contribution is 2.26. The zero-order valence-corrected chi connectivity index (χ0v) is 17.9. The Labute approximate surface area is 182 Å². The Morgan fingerprint density at radius 3 is 2.37 bits per heavy atom. The predicted molar refractivity (Wildman–Crippen MR) is 118 cm³/mol. The predicted octanol–water partition coefficient (Wildman–Crippen LogP) is 4.19. The second-order valence-corrected chi connectivity index (χ2v) is 7.62. The molecule has 0 saturated heterocycles. The van der Waals surface area contributed by atoms with Gasteiger partial charge in [-0.1, -0.05) is 48.5 Å². The molecule has 0 spiro atoms. The van der Waals surface area contributed by atoms with Crippen LogP contribution >= 0.6 is 12.4 Å². The summed E-state index contributed by atoms with van der Waals surface area (Å²) in [6.07, 6.45) is 0.757. The van der Waals surface area contributed by atoms with E-state index in [1.54, 1.807) is 41.3 Å². The summed E-state index contributed by atoms with van der Waals surface area (Å²) < 4.78 is 5.98. The SMILES string of the molecule is CN(C)Cc1cc2c(o1)CN(C(=O)c1ccccc1C(=O)c1ccccc1)CC2.Cl. The molecule has 5 nitrogen and oxygen atoms in total. The van der Waals surface area contributed by atoms with E-state index >= 15 is 0 Å². The highest BCUT2D eigenvalue weighted by molar-refractivity contribution is 6.15. The number of fused-ring (bicyclic) bond motifs is 1. The van der Waals surface area contributed by atoms with Gasteiger partial charge >= 0.3 is 0 Å².